The normalized spacial score (nSPS) is 33.1. The van der Waals surface area contributed by atoms with Crippen LogP contribution in [0.25, 0.3) is 0 Å². The Bertz CT molecular complexity index is 535. The van der Waals surface area contributed by atoms with Crippen LogP contribution in [0.1, 0.15) is 25.0 Å². The molecule has 1 saturated carbocycles. The average molecular weight is 246 g/mol. The minimum atomic E-state index is 0.0415. The molecule has 3 heterocycles. The number of nitrogens with one attached hydrogen (secondary N) is 1. The Kier molecular flexibility index (Phi) is 1.89. The monoisotopic (exact) mass is 246 g/mol. The van der Waals surface area contributed by atoms with E-state index in [1.54, 1.807) is 0 Å². The summed E-state index contributed by atoms with van der Waals surface area (Å²) >= 11 is 0. The van der Waals surface area contributed by atoms with Gasteiger partial charge in [-0.05, 0) is 31.6 Å². The molecular formula is C13H18N4O. The molecule has 1 aliphatic carbocycles. The van der Waals surface area contributed by atoms with Crippen molar-refractivity contribution >= 4 is 17.4 Å². The number of fused-ring (bicyclic) bond motifs is 5. The number of amides is 1. The Morgan fingerprint density at radius 3 is 3.06 bits per heavy atom. The zero-order valence-electron chi connectivity index (χ0n) is 10.8. The maximum atomic E-state index is 12.4. The maximum Gasteiger partial charge on any atom is 0.247 e. The summed E-state index contributed by atoms with van der Waals surface area (Å²) in [4.78, 5) is 14.6. The molecular weight excluding hydrogens is 228 g/mol. The van der Waals surface area contributed by atoms with Gasteiger partial charge in [-0.2, -0.15) is 5.10 Å². The molecule has 1 aromatic rings. The predicted octanol–water partition coefficient (Wildman–Crippen LogP) is 1.29. The molecule has 0 aromatic carbocycles. The number of aryl methyl sites for hydroxylation is 2. The molecule has 1 amide bonds. The average Bonchev–Trinajstić information content (AvgIpc) is 2.92. The van der Waals surface area contributed by atoms with Crippen molar-refractivity contribution in [3.8, 4) is 0 Å². The first kappa shape index (κ1) is 10.4. The highest BCUT2D eigenvalue weighted by atomic mass is 16.2. The highest BCUT2D eigenvalue weighted by Gasteiger charge is 2.51. The number of carbonyl (C=O) groups excluding carboxylic acids is 1. The molecule has 0 bridgehead atoms. The summed E-state index contributed by atoms with van der Waals surface area (Å²) in [5.74, 6) is 2.52. The minimum absolute atomic E-state index is 0.0415. The van der Waals surface area contributed by atoms with Gasteiger partial charge in [0.15, 0.2) is 5.82 Å². The zero-order valence-corrected chi connectivity index (χ0v) is 10.8. The molecule has 0 spiro atoms. The minimum Gasteiger partial charge on any atom is -0.342 e. The van der Waals surface area contributed by atoms with Crippen LogP contribution in [0, 0.1) is 18.8 Å². The van der Waals surface area contributed by atoms with Gasteiger partial charge in [0.1, 0.15) is 11.7 Å². The van der Waals surface area contributed by atoms with Crippen LogP contribution in [0.5, 0.6) is 0 Å². The summed E-state index contributed by atoms with van der Waals surface area (Å²) in [6.45, 7) is 2.98. The quantitative estimate of drug-likeness (QED) is 0.750. The van der Waals surface area contributed by atoms with Gasteiger partial charge in [-0.1, -0.05) is 6.42 Å². The van der Waals surface area contributed by atoms with Crippen molar-refractivity contribution in [1.82, 2.24) is 9.78 Å². The van der Waals surface area contributed by atoms with E-state index in [9.17, 15) is 4.79 Å². The van der Waals surface area contributed by atoms with Gasteiger partial charge in [0, 0.05) is 13.6 Å². The van der Waals surface area contributed by atoms with Crippen LogP contribution in [-0.4, -0.2) is 28.3 Å². The number of rotatable bonds is 0. The standard InChI is InChI=1S/C13H18N4O/c1-7-10-13(16(2)15-7)17-6-8-4-3-5-9(8)11(17)12(18)14-10/h8-9,11H,3-6H2,1-2H3,(H,14,18). The summed E-state index contributed by atoms with van der Waals surface area (Å²) in [7, 11) is 1.97. The highest BCUT2D eigenvalue weighted by Crippen LogP contribution is 2.48. The fraction of sp³-hybridized carbons (Fsp3) is 0.692. The summed E-state index contributed by atoms with van der Waals surface area (Å²) in [5.41, 5.74) is 1.83. The van der Waals surface area contributed by atoms with E-state index in [2.05, 4.69) is 15.3 Å². The first-order valence-electron chi connectivity index (χ1n) is 6.78. The Balaban J connectivity index is 1.84. The molecule has 3 atom stereocenters. The van der Waals surface area contributed by atoms with E-state index in [0.717, 1.165) is 23.7 Å². The molecule has 96 valence electrons. The van der Waals surface area contributed by atoms with E-state index < -0.39 is 0 Å². The lowest BCUT2D eigenvalue weighted by Crippen LogP contribution is -2.47. The number of hydrogen-bond acceptors (Lipinski definition) is 3. The smallest absolute Gasteiger partial charge is 0.247 e. The first-order chi connectivity index (χ1) is 8.66. The number of carbonyl (C=O) groups is 1. The topological polar surface area (TPSA) is 50.2 Å². The second-order valence-electron chi connectivity index (χ2n) is 5.85. The predicted molar refractivity (Wildman–Crippen MR) is 68.5 cm³/mol. The van der Waals surface area contributed by atoms with Crippen LogP contribution in [-0.2, 0) is 11.8 Å². The van der Waals surface area contributed by atoms with Gasteiger partial charge in [0.25, 0.3) is 0 Å². The maximum absolute atomic E-state index is 12.4. The largest absolute Gasteiger partial charge is 0.342 e. The van der Waals surface area contributed by atoms with Crippen LogP contribution < -0.4 is 10.2 Å². The molecule has 2 fully saturated rings. The molecule has 3 unspecified atom stereocenters. The fourth-order valence-corrected chi connectivity index (χ4v) is 4.18. The summed E-state index contributed by atoms with van der Waals surface area (Å²) < 4.78 is 1.91. The van der Waals surface area contributed by atoms with Crippen molar-refractivity contribution in [3.63, 3.8) is 0 Å². The zero-order chi connectivity index (χ0) is 12.4. The van der Waals surface area contributed by atoms with Crippen molar-refractivity contribution in [2.45, 2.75) is 32.2 Å². The lowest BCUT2D eigenvalue weighted by atomic mass is 9.93. The van der Waals surface area contributed by atoms with Crippen LogP contribution in [0.15, 0.2) is 0 Å². The number of hydrogen-bond donors (Lipinski definition) is 1. The lowest BCUT2D eigenvalue weighted by Gasteiger charge is -2.33. The fourth-order valence-electron chi connectivity index (χ4n) is 4.18. The van der Waals surface area contributed by atoms with E-state index in [-0.39, 0.29) is 11.9 Å². The Morgan fingerprint density at radius 1 is 1.39 bits per heavy atom. The van der Waals surface area contributed by atoms with Crippen LogP contribution in [0.2, 0.25) is 0 Å². The molecule has 4 rings (SSSR count). The van der Waals surface area contributed by atoms with Crippen LogP contribution in [0.4, 0.5) is 11.5 Å². The third-order valence-corrected chi connectivity index (χ3v) is 4.87. The molecule has 2 aliphatic heterocycles. The van der Waals surface area contributed by atoms with Gasteiger partial charge in [-0.3, -0.25) is 9.48 Å². The van der Waals surface area contributed by atoms with Crippen molar-refractivity contribution in [2.75, 3.05) is 16.8 Å². The van der Waals surface area contributed by atoms with Crippen LogP contribution in [0.3, 0.4) is 0 Å². The molecule has 3 aliphatic rings. The lowest BCUT2D eigenvalue weighted by molar-refractivity contribution is -0.118. The van der Waals surface area contributed by atoms with E-state index >= 15 is 0 Å². The molecule has 0 radical (unpaired) electrons. The van der Waals surface area contributed by atoms with E-state index in [4.69, 9.17) is 0 Å². The van der Waals surface area contributed by atoms with Gasteiger partial charge in [0.2, 0.25) is 5.91 Å². The van der Waals surface area contributed by atoms with Gasteiger partial charge in [-0.25, -0.2) is 0 Å². The van der Waals surface area contributed by atoms with E-state index in [1.807, 2.05) is 18.7 Å². The van der Waals surface area contributed by atoms with E-state index in [0.29, 0.717) is 11.8 Å². The van der Waals surface area contributed by atoms with Crippen LogP contribution >= 0.6 is 0 Å². The van der Waals surface area contributed by atoms with Gasteiger partial charge >= 0.3 is 0 Å². The summed E-state index contributed by atoms with van der Waals surface area (Å²) in [5, 5.41) is 7.51. The Hall–Kier alpha value is -1.52. The van der Waals surface area contributed by atoms with Crippen molar-refractivity contribution in [3.05, 3.63) is 5.69 Å². The van der Waals surface area contributed by atoms with Gasteiger partial charge < -0.3 is 10.2 Å². The van der Waals surface area contributed by atoms with Crippen molar-refractivity contribution < 1.29 is 4.79 Å². The van der Waals surface area contributed by atoms with Gasteiger partial charge in [-0.15, -0.1) is 0 Å². The third kappa shape index (κ3) is 1.12. The van der Waals surface area contributed by atoms with Gasteiger partial charge in [0.05, 0.1) is 5.69 Å². The molecule has 5 heteroatoms. The molecule has 1 N–H and O–H groups in total. The third-order valence-electron chi connectivity index (χ3n) is 4.87. The van der Waals surface area contributed by atoms with E-state index in [1.165, 1.54) is 19.3 Å². The second kappa shape index (κ2) is 3.28. The molecule has 18 heavy (non-hydrogen) atoms. The number of aromatic nitrogens is 2. The number of nitrogens with zero attached hydrogens (tertiary/aromatic N) is 3. The van der Waals surface area contributed by atoms with Crippen molar-refractivity contribution in [1.29, 1.82) is 0 Å². The first-order valence-corrected chi connectivity index (χ1v) is 6.78. The summed E-state index contributed by atoms with van der Waals surface area (Å²) in [6, 6.07) is 0.0415. The van der Waals surface area contributed by atoms with Crippen molar-refractivity contribution in [2.24, 2.45) is 18.9 Å². The summed E-state index contributed by atoms with van der Waals surface area (Å²) in [6.07, 6.45) is 3.76. The number of anilines is 2. The SMILES string of the molecule is Cc1nn(C)c2c1NC(=O)C1C3CCCC3CN21. The highest BCUT2D eigenvalue weighted by molar-refractivity contribution is 6.04. The molecule has 5 nitrogen and oxygen atoms in total. The molecule has 1 saturated heterocycles. The Labute approximate surface area is 106 Å². The second-order valence-corrected chi connectivity index (χ2v) is 5.85. The Morgan fingerprint density at radius 2 is 2.22 bits per heavy atom. The molecule has 1 aromatic heterocycles.